The van der Waals surface area contributed by atoms with E-state index in [9.17, 15) is 9.59 Å². The Morgan fingerprint density at radius 1 is 1.17 bits per heavy atom. The van der Waals surface area contributed by atoms with Crippen LogP contribution in [0.15, 0.2) is 42.6 Å². The number of para-hydroxylation sites is 1. The van der Waals surface area contributed by atoms with Crippen LogP contribution in [0.5, 0.6) is 5.75 Å². The van der Waals surface area contributed by atoms with E-state index in [1.807, 2.05) is 44.2 Å². The highest BCUT2D eigenvalue weighted by atomic mass is 16.5. The number of amides is 2. The number of imide groups is 1. The van der Waals surface area contributed by atoms with Gasteiger partial charge in [0.05, 0.1) is 24.4 Å². The molecular formula is C23H19N3O3. The molecule has 3 aromatic rings. The molecule has 0 spiro atoms. The molecule has 0 unspecified atom stereocenters. The lowest BCUT2D eigenvalue weighted by Crippen LogP contribution is -2.69. The van der Waals surface area contributed by atoms with Gasteiger partial charge in [0.1, 0.15) is 16.8 Å². The summed E-state index contributed by atoms with van der Waals surface area (Å²) in [6.07, 6.45) is 1.78. The van der Waals surface area contributed by atoms with E-state index in [-0.39, 0.29) is 17.7 Å². The Kier molecular flexibility index (Phi) is 2.93. The number of aromatic nitrogens is 1. The van der Waals surface area contributed by atoms with Crippen LogP contribution in [-0.4, -0.2) is 29.4 Å². The minimum Gasteiger partial charge on any atom is -0.494 e. The number of fused-ring (bicyclic) bond motifs is 7. The predicted molar refractivity (Wildman–Crippen MR) is 109 cm³/mol. The van der Waals surface area contributed by atoms with Crippen LogP contribution < -0.4 is 15.0 Å². The maximum absolute atomic E-state index is 13.2. The smallest absolute Gasteiger partial charge is 0.252 e. The molecule has 4 heterocycles. The van der Waals surface area contributed by atoms with Crippen molar-refractivity contribution in [3.63, 3.8) is 0 Å². The lowest BCUT2D eigenvalue weighted by molar-refractivity contribution is -0.141. The first-order chi connectivity index (χ1) is 14.0. The number of rotatable bonds is 1. The van der Waals surface area contributed by atoms with E-state index >= 15 is 0 Å². The number of nitrogens with one attached hydrogen (secondary N) is 1. The maximum atomic E-state index is 13.2. The normalized spacial score (nSPS) is 26.2. The van der Waals surface area contributed by atoms with Crippen molar-refractivity contribution in [2.45, 2.75) is 25.3 Å². The molecule has 1 fully saturated rings. The second-order valence-electron chi connectivity index (χ2n) is 8.18. The van der Waals surface area contributed by atoms with Crippen molar-refractivity contribution in [2.75, 3.05) is 12.0 Å². The van der Waals surface area contributed by atoms with Gasteiger partial charge in [-0.2, -0.15) is 0 Å². The number of benzene rings is 2. The summed E-state index contributed by atoms with van der Waals surface area (Å²) >= 11 is 0. The molecule has 1 saturated heterocycles. The zero-order valence-electron chi connectivity index (χ0n) is 16.3. The standard InChI is InChI=1S/C23H19N3O3/c1-11-17-14-10-16(29-3)19-18-13(8-9-24-19)12-6-4-5-7-15(12)26(20(14)18)23(11,2)22(28)25-21(17)27/h4-11,17H,1-3H3,(H,25,27,28)/t11-,17+,23+/m1/s1. The van der Waals surface area contributed by atoms with Gasteiger partial charge in [0.2, 0.25) is 5.91 Å². The first kappa shape index (κ1) is 16.5. The Morgan fingerprint density at radius 2 is 1.97 bits per heavy atom. The van der Waals surface area contributed by atoms with E-state index in [1.54, 1.807) is 13.3 Å². The molecule has 6 heteroatoms. The molecule has 2 bridgehead atoms. The van der Waals surface area contributed by atoms with Crippen molar-refractivity contribution in [1.82, 2.24) is 10.3 Å². The predicted octanol–water partition coefficient (Wildman–Crippen LogP) is 3.51. The molecule has 144 valence electrons. The molecule has 3 atom stereocenters. The van der Waals surface area contributed by atoms with Crippen molar-refractivity contribution in [1.29, 1.82) is 0 Å². The van der Waals surface area contributed by atoms with E-state index in [0.29, 0.717) is 5.75 Å². The second-order valence-corrected chi connectivity index (χ2v) is 8.18. The molecule has 1 aromatic heterocycles. The molecular weight excluding hydrogens is 366 g/mol. The molecule has 3 aliphatic rings. The number of pyridine rings is 1. The Labute approximate surface area is 167 Å². The number of hydrogen-bond donors (Lipinski definition) is 1. The van der Waals surface area contributed by atoms with E-state index in [1.165, 1.54) is 0 Å². The largest absolute Gasteiger partial charge is 0.494 e. The van der Waals surface area contributed by atoms with Crippen LogP contribution in [0.1, 0.15) is 25.3 Å². The van der Waals surface area contributed by atoms with Gasteiger partial charge >= 0.3 is 0 Å². The quantitative estimate of drug-likeness (QED) is 0.649. The average Bonchev–Trinajstić information content (AvgIpc) is 2.73. The average molecular weight is 385 g/mol. The molecule has 0 saturated carbocycles. The highest BCUT2D eigenvalue weighted by Crippen LogP contribution is 2.60. The Bertz CT molecular complexity index is 1270. The lowest BCUT2D eigenvalue weighted by atomic mass is 9.65. The summed E-state index contributed by atoms with van der Waals surface area (Å²) < 4.78 is 5.67. The Hall–Kier alpha value is -3.41. The highest BCUT2D eigenvalue weighted by Gasteiger charge is 2.60. The summed E-state index contributed by atoms with van der Waals surface area (Å²) in [6, 6.07) is 12.0. The Balaban J connectivity index is 1.88. The lowest BCUT2D eigenvalue weighted by Gasteiger charge is -2.56. The zero-order chi connectivity index (χ0) is 20.1. The summed E-state index contributed by atoms with van der Waals surface area (Å²) in [5.41, 5.74) is 4.69. The number of methoxy groups -OCH3 is 1. The van der Waals surface area contributed by atoms with Gasteiger partial charge in [0, 0.05) is 23.1 Å². The number of nitrogens with zero attached hydrogens (tertiary/aromatic N) is 2. The summed E-state index contributed by atoms with van der Waals surface area (Å²) in [7, 11) is 1.62. The topological polar surface area (TPSA) is 71.5 Å². The van der Waals surface area contributed by atoms with Crippen molar-refractivity contribution in [3.05, 3.63) is 48.2 Å². The van der Waals surface area contributed by atoms with Crippen molar-refractivity contribution < 1.29 is 14.3 Å². The van der Waals surface area contributed by atoms with Crippen molar-refractivity contribution in [3.8, 4) is 16.9 Å². The fourth-order valence-electron chi connectivity index (χ4n) is 5.46. The van der Waals surface area contributed by atoms with Gasteiger partial charge < -0.3 is 9.64 Å². The second kappa shape index (κ2) is 5.14. The summed E-state index contributed by atoms with van der Waals surface area (Å²) in [5.74, 6) is -0.504. The van der Waals surface area contributed by atoms with Crippen LogP contribution in [0.4, 0.5) is 11.4 Å². The highest BCUT2D eigenvalue weighted by molar-refractivity contribution is 6.19. The fraction of sp³-hybridized carbons (Fsp3) is 0.261. The molecule has 0 aliphatic carbocycles. The van der Waals surface area contributed by atoms with Gasteiger partial charge in [-0.25, -0.2) is 0 Å². The fourth-order valence-corrected chi connectivity index (χ4v) is 5.46. The number of piperidine rings is 1. The molecule has 2 amide bonds. The van der Waals surface area contributed by atoms with Crippen molar-refractivity contribution in [2.24, 2.45) is 5.92 Å². The third kappa shape index (κ3) is 1.71. The summed E-state index contributed by atoms with van der Waals surface area (Å²) in [5, 5.41) is 3.55. The monoisotopic (exact) mass is 385 g/mol. The van der Waals surface area contributed by atoms with E-state index in [4.69, 9.17) is 4.74 Å². The van der Waals surface area contributed by atoms with Crippen LogP contribution >= 0.6 is 0 Å². The molecule has 6 rings (SSSR count). The van der Waals surface area contributed by atoms with Gasteiger partial charge in [0.25, 0.3) is 5.91 Å². The summed E-state index contributed by atoms with van der Waals surface area (Å²) in [4.78, 5) is 32.8. The number of carbonyl (C=O) groups excluding carboxylic acids is 2. The van der Waals surface area contributed by atoms with Gasteiger partial charge in [0.15, 0.2) is 0 Å². The third-order valence-electron chi connectivity index (χ3n) is 7.02. The SMILES string of the molecule is COc1cc2c3c4c(ccnc14)-c1ccccc1N3[C@]1(C)C(=O)NC(=O)[C@H]2[C@H]1C. The molecule has 3 aliphatic heterocycles. The summed E-state index contributed by atoms with van der Waals surface area (Å²) in [6.45, 7) is 3.92. The zero-order valence-corrected chi connectivity index (χ0v) is 16.3. The number of hydrogen-bond acceptors (Lipinski definition) is 5. The maximum Gasteiger partial charge on any atom is 0.252 e. The number of ether oxygens (including phenoxy) is 1. The molecule has 2 aromatic carbocycles. The van der Waals surface area contributed by atoms with Crippen molar-refractivity contribution >= 4 is 34.1 Å². The van der Waals surface area contributed by atoms with Crippen LogP contribution in [0, 0.1) is 5.92 Å². The van der Waals surface area contributed by atoms with Gasteiger partial charge in [-0.1, -0.05) is 25.1 Å². The Morgan fingerprint density at radius 3 is 2.76 bits per heavy atom. The van der Waals surface area contributed by atoms with E-state index in [2.05, 4.69) is 21.3 Å². The molecule has 1 N–H and O–H groups in total. The van der Waals surface area contributed by atoms with E-state index in [0.717, 1.165) is 39.0 Å². The third-order valence-corrected chi connectivity index (χ3v) is 7.02. The first-order valence-corrected chi connectivity index (χ1v) is 9.73. The minimum absolute atomic E-state index is 0.204. The molecule has 6 nitrogen and oxygen atoms in total. The molecule has 0 radical (unpaired) electrons. The van der Waals surface area contributed by atoms with E-state index < -0.39 is 11.5 Å². The van der Waals surface area contributed by atoms with Crippen LogP contribution in [0.3, 0.4) is 0 Å². The number of carbonyl (C=O) groups is 2. The van der Waals surface area contributed by atoms with Gasteiger partial charge in [-0.3, -0.25) is 19.9 Å². The van der Waals surface area contributed by atoms with Crippen LogP contribution in [-0.2, 0) is 9.59 Å². The first-order valence-electron chi connectivity index (χ1n) is 9.73. The minimum atomic E-state index is -0.892. The molecule has 29 heavy (non-hydrogen) atoms. The van der Waals surface area contributed by atoms with Crippen LogP contribution in [0.2, 0.25) is 0 Å². The number of anilines is 2. The van der Waals surface area contributed by atoms with Gasteiger partial charge in [-0.05, 0) is 36.2 Å². The van der Waals surface area contributed by atoms with Gasteiger partial charge in [-0.15, -0.1) is 0 Å². The van der Waals surface area contributed by atoms with Crippen LogP contribution in [0.25, 0.3) is 22.0 Å².